The molecule has 0 fully saturated rings. The molecule has 0 unspecified atom stereocenters. The summed E-state index contributed by atoms with van der Waals surface area (Å²) < 4.78 is 25.4. The second-order valence-electron chi connectivity index (χ2n) is 2.88. The van der Waals surface area contributed by atoms with E-state index in [2.05, 4.69) is 20.2 Å². The van der Waals surface area contributed by atoms with Crippen molar-refractivity contribution in [1.29, 1.82) is 0 Å². The van der Waals surface area contributed by atoms with Crippen molar-refractivity contribution in [2.75, 3.05) is 0 Å². The molecule has 0 aromatic carbocycles. The molecule has 4 nitrogen and oxygen atoms in total. The monoisotopic (exact) mass is 220 g/mol. The highest BCUT2D eigenvalue weighted by Gasteiger charge is 1.96. The Labute approximate surface area is 89.7 Å². The van der Waals surface area contributed by atoms with Gasteiger partial charge in [-0.1, -0.05) is 6.07 Å². The molecule has 6 heteroatoms. The maximum absolute atomic E-state index is 12.7. The van der Waals surface area contributed by atoms with Crippen molar-refractivity contribution in [1.82, 2.24) is 9.97 Å². The molecule has 2 aromatic rings. The standard InChI is InChI=1S/C10H6F2N4/c11-7-4-8(6-13-5-7)15-16-10-3-1-2-9(12)14-10/h1-6H. The third-order valence-electron chi connectivity index (χ3n) is 1.66. The van der Waals surface area contributed by atoms with Gasteiger partial charge in [0.2, 0.25) is 5.95 Å². The van der Waals surface area contributed by atoms with Gasteiger partial charge in [-0.2, -0.15) is 9.37 Å². The SMILES string of the molecule is Fc1cncc(N=Nc2cccc(F)n2)c1. The highest BCUT2D eigenvalue weighted by molar-refractivity contribution is 5.34. The zero-order valence-electron chi connectivity index (χ0n) is 8.01. The summed E-state index contributed by atoms with van der Waals surface area (Å²) in [6.45, 7) is 0. The lowest BCUT2D eigenvalue weighted by atomic mass is 10.4. The van der Waals surface area contributed by atoms with E-state index < -0.39 is 11.8 Å². The van der Waals surface area contributed by atoms with E-state index in [9.17, 15) is 8.78 Å². The van der Waals surface area contributed by atoms with E-state index in [1.807, 2.05) is 0 Å². The molecule has 0 saturated carbocycles. The van der Waals surface area contributed by atoms with E-state index in [0.29, 0.717) is 0 Å². The Hall–Kier alpha value is -2.24. The van der Waals surface area contributed by atoms with Gasteiger partial charge in [0.1, 0.15) is 11.5 Å². The highest BCUT2D eigenvalue weighted by Crippen LogP contribution is 2.15. The molecule has 0 N–H and O–H groups in total. The van der Waals surface area contributed by atoms with Gasteiger partial charge in [-0.3, -0.25) is 4.98 Å². The molecule has 0 aliphatic heterocycles. The van der Waals surface area contributed by atoms with Crippen LogP contribution in [0.25, 0.3) is 0 Å². The minimum absolute atomic E-state index is 0.115. The molecule has 0 radical (unpaired) electrons. The summed E-state index contributed by atoms with van der Waals surface area (Å²) in [7, 11) is 0. The van der Waals surface area contributed by atoms with Crippen LogP contribution in [0.3, 0.4) is 0 Å². The first-order valence-corrected chi connectivity index (χ1v) is 4.39. The first-order valence-electron chi connectivity index (χ1n) is 4.39. The second kappa shape index (κ2) is 4.52. The van der Waals surface area contributed by atoms with E-state index in [-0.39, 0.29) is 11.5 Å². The zero-order valence-corrected chi connectivity index (χ0v) is 8.01. The third kappa shape index (κ3) is 2.63. The van der Waals surface area contributed by atoms with E-state index in [0.717, 1.165) is 12.3 Å². The van der Waals surface area contributed by atoms with Gasteiger partial charge in [0.25, 0.3) is 0 Å². The molecule has 80 valence electrons. The van der Waals surface area contributed by atoms with Crippen molar-refractivity contribution >= 4 is 11.5 Å². The average molecular weight is 220 g/mol. The Morgan fingerprint density at radius 1 is 1.06 bits per heavy atom. The predicted octanol–water partition coefficient (Wildman–Crippen LogP) is 3.17. The fourth-order valence-corrected chi connectivity index (χ4v) is 1.02. The minimum atomic E-state index is -0.645. The summed E-state index contributed by atoms with van der Waals surface area (Å²) >= 11 is 0. The lowest BCUT2D eigenvalue weighted by Crippen LogP contribution is -1.79. The maximum Gasteiger partial charge on any atom is 0.214 e. The quantitative estimate of drug-likeness (QED) is 0.576. The number of rotatable bonds is 2. The Morgan fingerprint density at radius 2 is 1.94 bits per heavy atom. The van der Waals surface area contributed by atoms with Gasteiger partial charge in [-0.15, -0.1) is 10.2 Å². The van der Waals surface area contributed by atoms with Gasteiger partial charge >= 0.3 is 0 Å². The molecular weight excluding hydrogens is 214 g/mol. The third-order valence-corrected chi connectivity index (χ3v) is 1.66. The number of pyridine rings is 2. The van der Waals surface area contributed by atoms with Crippen molar-refractivity contribution in [2.45, 2.75) is 0 Å². The summed E-state index contributed by atoms with van der Waals surface area (Å²) in [5.41, 5.74) is 0.242. The number of hydrogen-bond acceptors (Lipinski definition) is 4. The molecule has 2 heterocycles. The maximum atomic E-state index is 12.7. The second-order valence-corrected chi connectivity index (χ2v) is 2.88. The number of aromatic nitrogens is 2. The first kappa shape index (κ1) is 10.3. The molecule has 0 atom stereocenters. The van der Waals surface area contributed by atoms with Crippen molar-refractivity contribution in [2.24, 2.45) is 10.2 Å². The summed E-state index contributed by atoms with van der Waals surface area (Å²) in [4.78, 5) is 7.06. The van der Waals surface area contributed by atoms with Gasteiger partial charge in [0, 0.05) is 6.07 Å². The van der Waals surface area contributed by atoms with Crippen molar-refractivity contribution in [3.05, 3.63) is 48.4 Å². The molecule has 0 aliphatic rings. The van der Waals surface area contributed by atoms with Crippen molar-refractivity contribution in [3.63, 3.8) is 0 Å². The van der Waals surface area contributed by atoms with E-state index >= 15 is 0 Å². The minimum Gasteiger partial charge on any atom is -0.259 e. The largest absolute Gasteiger partial charge is 0.259 e. The van der Waals surface area contributed by atoms with Gasteiger partial charge in [0.15, 0.2) is 5.82 Å². The topological polar surface area (TPSA) is 50.5 Å². The van der Waals surface area contributed by atoms with E-state index in [1.165, 1.54) is 24.4 Å². The van der Waals surface area contributed by atoms with Crippen LogP contribution < -0.4 is 0 Å². The van der Waals surface area contributed by atoms with Gasteiger partial charge in [0.05, 0.1) is 12.4 Å². The van der Waals surface area contributed by atoms with Crippen molar-refractivity contribution in [3.8, 4) is 0 Å². The Bertz CT molecular complexity index is 480. The average Bonchev–Trinajstić information content (AvgIpc) is 2.27. The van der Waals surface area contributed by atoms with Crippen LogP contribution in [0.5, 0.6) is 0 Å². The molecule has 2 rings (SSSR count). The van der Waals surface area contributed by atoms with Crippen molar-refractivity contribution < 1.29 is 8.78 Å². The summed E-state index contributed by atoms with van der Waals surface area (Å²) in [6.07, 6.45) is 2.39. The molecule has 0 saturated heterocycles. The van der Waals surface area contributed by atoms with Crippen LogP contribution in [0.1, 0.15) is 0 Å². The number of azo groups is 1. The van der Waals surface area contributed by atoms with Gasteiger partial charge in [-0.05, 0) is 12.1 Å². The van der Waals surface area contributed by atoms with Crippen LogP contribution in [0.15, 0.2) is 46.9 Å². The number of nitrogens with zero attached hydrogens (tertiary/aromatic N) is 4. The smallest absolute Gasteiger partial charge is 0.214 e. The summed E-state index contributed by atoms with van der Waals surface area (Å²) in [5, 5.41) is 7.32. The van der Waals surface area contributed by atoms with E-state index in [4.69, 9.17) is 0 Å². The highest BCUT2D eigenvalue weighted by atomic mass is 19.1. The van der Waals surface area contributed by atoms with E-state index in [1.54, 1.807) is 0 Å². The Morgan fingerprint density at radius 3 is 2.69 bits per heavy atom. The Kier molecular flexibility index (Phi) is 2.90. The zero-order chi connectivity index (χ0) is 11.4. The number of halogens is 2. The molecule has 2 aromatic heterocycles. The van der Waals surface area contributed by atoms with Crippen LogP contribution >= 0.6 is 0 Å². The molecule has 0 bridgehead atoms. The van der Waals surface area contributed by atoms with Crippen LogP contribution in [-0.2, 0) is 0 Å². The van der Waals surface area contributed by atoms with Crippen LogP contribution in [0, 0.1) is 11.8 Å². The molecule has 0 amide bonds. The summed E-state index contributed by atoms with van der Waals surface area (Å²) in [5.74, 6) is -1.04. The lowest BCUT2D eigenvalue weighted by Gasteiger charge is -1.92. The number of hydrogen-bond donors (Lipinski definition) is 0. The van der Waals surface area contributed by atoms with Crippen LogP contribution in [0.4, 0.5) is 20.3 Å². The van der Waals surface area contributed by atoms with Gasteiger partial charge < -0.3 is 0 Å². The van der Waals surface area contributed by atoms with Gasteiger partial charge in [-0.25, -0.2) is 4.39 Å². The summed E-state index contributed by atoms with van der Waals surface area (Å²) in [6, 6.07) is 5.30. The first-order chi connectivity index (χ1) is 7.74. The fraction of sp³-hybridized carbons (Fsp3) is 0. The Balaban J connectivity index is 2.21. The molecule has 0 aliphatic carbocycles. The molecule has 16 heavy (non-hydrogen) atoms. The lowest BCUT2D eigenvalue weighted by molar-refractivity contribution is 0.584. The predicted molar refractivity (Wildman–Crippen MR) is 52.6 cm³/mol. The molecular formula is C10H6F2N4. The van der Waals surface area contributed by atoms with Crippen LogP contribution in [-0.4, -0.2) is 9.97 Å². The normalized spacial score (nSPS) is 10.9. The van der Waals surface area contributed by atoms with Crippen LogP contribution in [0.2, 0.25) is 0 Å². The fourth-order valence-electron chi connectivity index (χ4n) is 1.02. The molecule has 0 spiro atoms.